The van der Waals surface area contributed by atoms with Crippen LogP contribution in [0, 0.1) is 13.8 Å². The summed E-state index contributed by atoms with van der Waals surface area (Å²) in [7, 11) is 0. The first-order chi connectivity index (χ1) is 11.6. The van der Waals surface area contributed by atoms with E-state index in [0.717, 1.165) is 48.1 Å². The molecule has 128 valence electrons. The summed E-state index contributed by atoms with van der Waals surface area (Å²) in [4.78, 5) is 16.7. The molecule has 5 nitrogen and oxygen atoms in total. The van der Waals surface area contributed by atoms with Gasteiger partial charge in [-0.1, -0.05) is 42.1 Å². The average Bonchev–Trinajstić information content (AvgIpc) is 3.17. The quantitative estimate of drug-likeness (QED) is 0.817. The highest BCUT2D eigenvalue weighted by Gasteiger charge is 2.25. The van der Waals surface area contributed by atoms with Crippen molar-refractivity contribution >= 4 is 17.7 Å². The Morgan fingerprint density at radius 2 is 2.17 bits per heavy atom. The molecule has 0 spiro atoms. The highest BCUT2D eigenvalue weighted by Crippen LogP contribution is 2.36. The zero-order chi connectivity index (χ0) is 17.1. The predicted octanol–water partition coefficient (Wildman–Crippen LogP) is 3.00. The minimum atomic E-state index is -0.448. The van der Waals surface area contributed by atoms with Crippen molar-refractivity contribution in [2.45, 2.75) is 49.7 Å². The first-order valence-electron chi connectivity index (χ1n) is 8.22. The largest absolute Gasteiger partial charge is 0.376 e. The van der Waals surface area contributed by atoms with E-state index in [1.807, 2.05) is 37.3 Å². The van der Waals surface area contributed by atoms with Crippen molar-refractivity contribution in [1.82, 2.24) is 9.55 Å². The maximum absolute atomic E-state index is 12.0. The van der Waals surface area contributed by atoms with Gasteiger partial charge >= 0.3 is 0 Å². The molecule has 0 saturated carbocycles. The molecule has 2 aromatic rings. The van der Waals surface area contributed by atoms with Gasteiger partial charge < -0.3 is 15.0 Å². The zero-order valence-electron chi connectivity index (χ0n) is 14.1. The second kappa shape index (κ2) is 7.40. The van der Waals surface area contributed by atoms with Crippen molar-refractivity contribution in [3.8, 4) is 0 Å². The van der Waals surface area contributed by atoms with Crippen LogP contribution >= 0.6 is 11.8 Å². The van der Waals surface area contributed by atoms with Gasteiger partial charge in [-0.3, -0.25) is 4.79 Å². The van der Waals surface area contributed by atoms with Gasteiger partial charge in [-0.25, -0.2) is 4.98 Å². The van der Waals surface area contributed by atoms with Gasteiger partial charge in [0.05, 0.1) is 18.3 Å². The van der Waals surface area contributed by atoms with E-state index in [1.54, 1.807) is 0 Å². The molecular weight excluding hydrogens is 322 g/mol. The molecule has 1 aromatic carbocycles. The van der Waals surface area contributed by atoms with E-state index in [2.05, 4.69) is 16.5 Å². The molecule has 1 saturated heterocycles. The first-order valence-corrected chi connectivity index (χ1v) is 9.10. The van der Waals surface area contributed by atoms with Crippen LogP contribution in [-0.4, -0.2) is 28.2 Å². The van der Waals surface area contributed by atoms with Crippen LogP contribution in [0.4, 0.5) is 0 Å². The smallest absolute Gasteiger partial charge is 0.235 e. The average molecular weight is 345 g/mol. The summed E-state index contributed by atoms with van der Waals surface area (Å²) >= 11 is 1.42. The van der Waals surface area contributed by atoms with Crippen LogP contribution in [0.15, 0.2) is 35.5 Å². The highest BCUT2D eigenvalue weighted by atomic mass is 32.2. The number of nitrogens with zero attached hydrogens (tertiary/aromatic N) is 2. The molecule has 0 aliphatic carbocycles. The Kier molecular flexibility index (Phi) is 5.26. The number of aromatic nitrogens is 2. The van der Waals surface area contributed by atoms with Gasteiger partial charge in [-0.2, -0.15) is 0 Å². The summed E-state index contributed by atoms with van der Waals surface area (Å²) < 4.78 is 7.93. The van der Waals surface area contributed by atoms with E-state index in [1.165, 1.54) is 11.8 Å². The number of nitrogens with two attached hydrogens (primary N) is 1. The van der Waals surface area contributed by atoms with Crippen LogP contribution in [-0.2, 0) is 16.1 Å². The molecule has 6 heteroatoms. The van der Waals surface area contributed by atoms with Crippen molar-refractivity contribution in [3.05, 3.63) is 47.3 Å². The third-order valence-corrected chi connectivity index (χ3v) is 5.68. The van der Waals surface area contributed by atoms with Crippen LogP contribution < -0.4 is 5.73 Å². The van der Waals surface area contributed by atoms with Crippen LogP contribution in [0.25, 0.3) is 0 Å². The van der Waals surface area contributed by atoms with Gasteiger partial charge in [0.25, 0.3) is 0 Å². The Hall–Kier alpha value is -1.79. The van der Waals surface area contributed by atoms with Crippen molar-refractivity contribution in [1.29, 1.82) is 0 Å². The van der Waals surface area contributed by atoms with Gasteiger partial charge in [-0.05, 0) is 32.3 Å². The minimum Gasteiger partial charge on any atom is -0.376 e. The van der Waals surface area contributed by atoms with Crippen molar-refractivity contribution in [3.63, 3.8) is 0 Å². The molecule has 0 radical (unpaired) electrons. The lowest BCUT2D eigenvalue weighted by Gasteiger charge is -2.17. The zero-order valence-corrected chi connectivity index (χ0v) is 14.9. The Morgan fingerprint density at radius 1 is 1.42 bits per heavy atom. The molecule has 24 heavy (non-hydrogen) atoms. The number of hydrogen-bond donors (Lipinski definition) is 1. The van der Waals surface area contributed by atoms with E-state index < -0.39 is 5.25 Å². The van der Waals surface area contributed by atoms with Gasteiger partial charge in [0.1, 0.15) is 5.25 Å². The van der Waals surface area contributed by atoms with E-state index >= 15 is 0 Å². The van der Waals surface area contributed by atoms with Crippen LogP contribution in [0.3, 0.4) is 0 Å². The number of carbonyl (C=O) groups excluding carboxylic acids is 1. The number of imidazole rings is 1. The Balaban J connectivity index is 1.87. The van der Waals surface area contributed by atoms with Crippen molar-refractivity contribution in [2.24, 2.45) is 5.73 Å². The minimum absolute atomic E-state index is 0.223. The summed E-state index contributed by atoms with van der Waals surface area (Å²) in [6.45, 7) is 5.65. The maximum atomic E-state index is 12.0. The maximum Gasteiger partial charge on any atom is 0.235 e. The van der Waals surface area contributed by atoms with E-state index in [9.17, 15) is 4.79 Å². The Morgan fingerprint density at radius 3 is 2.79 bits per heavy atom. The molecule has 1 fully saturated rings. The summed E-state index contributed by atoms with van der Waals surface area (Å²) in [5.74, 6) is -0.354. The SMILES string of the molecule is Cc1nc(S[C@H](C(N)=O)c2ccccc2)n(C[C@H]2CCCO2)c1C. The third kappa shape index (κ3) is 3.65. The van der Waals surface area contributed by atoms with E-state index in [4.69, 9.17) is 10.5 Å². The first kappa shape index (κ1) is 17.0. The lowest BCUT2D eigenvalue weighted by molar-refractivity contribution is -0.117. The van der Waals surface area contributed by atoms with Gasteiger partial charge in [0, 0.05) is 12.3 Å². The van der Waals surface area contributed by atoms with Crippen molar-refractivity contribution in [2.75, 3.05) is 6.61 Å². The predicted molar refractivity (Wildman–Crippen MR) is 94.9 cm³/mol. The van der Waals surface area contributed by atoms with Crippen LogP contribution in [0.5, 0.6) is 0 Å². The number of primary amides is 1. The number of amides is 1. The standard InChI is InChI=1S/C18H23N3O2S/c1-12-13(2)21(11-15-9-6-10-23-15)18(20-12)24-16(17(19)22)14-7-4-3-5-8-14/h3-5,7-8,15-16H,6,9-11H2,1-2H3,(H2,19,22)/t15-,16+/m1/s1. The van der Waals surface area contributed by atoms with Gasteiger partial charge in [0.2, 0.25) is 5.91 Å². The number of hydrogen-bond acceptors (Lipinski definition) is 4. The highest BCUT2D eigenvalue weighted by molar-refractivity contribution is 8.00. The molecule has 0 bridgehead atoms. The second-order valence-corrected chi connectivity index (χ2v) is 7.19. The summed E-state index contributed by atoms with van der Waals surface area (Å²) in [6, 6.07) is 9.62. The third-order valence-electron chi connectivity index (χ3n) is 4.42. The number of benzene rings is 1. The van der Waals surface area contributed by atoms with Crippen molar-refractivity contribution < 1.29 is 9.53 Å². The van der Waals surface area contributed by atoms with Gasteiger partial charge in [0.15, 0.2) is 5.16 Å². The number of thioether (sulfide) groups is 1. The molecule has 1 amide bonds. The topological polar surface area (TPSA) is 70.1 Å². The summed E-state index contributed by atoms with van der Waals surface area (Å²) in [5.41, 5.74) is 8.65. The molecule has 1 aromatic heterocycles. The number of aryl methyl sites for hydroxylation is 1. The lowest BCUT2D eigenvalue weighted by atomic mass is 10.1. The normalized spacial score (nSPS) is 18.7. The number of ether oxygens (including phenoxy) is 1. The summed E-state index contributed by atoms with van der Waals surface area (Å²) in [5, 5.41) is 0.379. The number of carbonyl (C=O) groups is 1. The second-order valence-electron chi connectivity index (χ2n) is 6.12. The number of rotatable bonds is 6. The van der Waals surface area contributed by atoms with E-state index in [0.29, 0.717) is 0 Å². The summed E-state index contributed by atoms with van der Waals surface area (Å²) in [6.07, 6.45) is 2.40. The molecule has 2 atom stereocenters. The molecular formula is C18H23N3O2S. The van der Waals surface area contributed by atoms with Crippen LogP contribution in [0.2, 0.25) is 0 Å². The monoisotopic (exact) mass is 345 g/mol. The fraction of sp³-hybridized carbons (Fsp3) is 0.444. The molecule has 3 rings (SSSR count). The molecule has 2 heterocycles. The fourth-order valence-corrected chi connectivity index (χ4v) is 4.09. The Labute approximate surface area is 146 Å². The Bertz CT molecular complexity index is 709. The van der Waals surface area contributed by atoms with Gasteiger partial charge in [-0.15, -0.1) is 0 Å². The van der Waals surface area contributed by atoms with E-state index in [-0.39, 0.29) is 12.0 Å². The molecule has 0 unspecified atom stereocenters. The molecule has 2 N–H and O–H groups in total. The molecule has 1 aliphatic rings. The molecule has 1 aliphatic heterocycles. The fourth-order valence-electron chi connectivity index (χ4n) is 2.94. The lowest BCUT2D eigenvalue weighted by Crippen LogP contribution is -2.21. The van der Waals surface area contributed by atoms with Crippen LogP contribution in [0.1, 0.15) is 35.0 Å².